The third-order valence-electron chi connectivity index (χ3n) is 2.46. The third kappa shape index (κ3) is 4.93. The van der Waals surface area contributed by atoms with Crippen molar-refractivity contribution in [2.45, 2.75) is 25.0 Å². The summed E-state index contributed by atoms with van der Waals surface area (Å²) in [5.41, 5.74) is 0.304. The standard InChI is InChI=1S/C13H11BrF3NO3/c1-2-20-12(19)5-9-10(7-18)8(6-14)3-4-11(9)21-13(15,16)17/h3-4H,2,5-6H2,1H3. The van der Waals surface area contributed by atoms with Gasteiger partial charge >= 0.3 is 12.3 Å². The minimum absolute atomic E-state index is 0.0262. The quantitative estimate of drug-likeness (QED) is 0.592. The van der Waals surface area contributed by atoms with Gasteiger partial charge in [0.2, 0.25) is 0 Å². The summed E-state index contributed by atoms with van der Waals surface area (Å²) >= 11 is 3.14. The van der Waals surface area contributed by atoms with E-state index in [-0.39, 0.29) is 23.1 Å². The number of nitrogens with zero attached hydrogens (tertiary/aromatic N) is 1. The van der Waals surface area contributed by atoms with Crippen LogP contribution < -0.4 is 4.74 Å². The molecule has 0 aliphatic heterocycles. The number of hydrogen-bond acceptors (Lipinski definition) is 4. The zero-order valence-electron chi connectivity index (χ0n) is 11.0. The van der Waals surface area contributed by atoms with Gasteiger partial charge in [-0.25, -0.2) is 0 Å². The first-order chi connectivity index (χ1) is 9.82. The molecular weight excluding hydrogens is 355 g/mol. The SMILES string of the molecule is CCOC(=O)Cc1c(OC(F)(F)F)ccc(CBr)c1C#N. The van der Waals surface area contributed by atoms with E-state index in [1.54, 1.807) is 13.0 Å². The zero-order valence-corrected chi connectivity index (χ0v) is 12.5. The molecule has 0 radical (unpaired) electrons. The summed E-state index contributed by atoms with van der Waals surface area (Å²) in [5, 5.41) is 9.40. The van der Waals surface area contributed by atoms with Crippen LogP contribution in [0.3, 0.4) is 0 Å². The fourth-order valence-corrected chi connectivity index (χ4v) is 2.15. The second kappa shape index (κ2) is 7.31. The zero-order chi connectivity index (χ0) is 16.0. The van der Waals surface area contributed by atoms with Gasteiger partial charge in [0.05, 0.1) is 24.7 Å². The maximum absolute atomic E-state index is 12.4. The van der Waals surface area contributed by atoms with Gasteiger partial charge in [-0.15, -0.1) is 13.2 Å². The Kier molecular flexibility index (Phi) is 6.03. The monoisotopic (exact) mass is 365 g/mol. The number of halogens is 4. The van der Waals surface area contributed by atoms with Gasteiger partial charge in [0.1, 0.15) is 5.75 Å². The highest BCUT2D eigenvalue weighted by atomic mass is 79.9. The van der Waals surface area contributed by atoms with E-state index in [4.69, 9.17) is 10.00 Å². The molecule has 0 saturated heterocycles. The molecule has 0 bridgehead atoms. The summed E-state index contributed by atoms with van der Waals surface area (Å²) in [4.78, 5) is 11.5. The fourth-order valence-electron chi connectivity index (χ4n) is 1.68. The molecule has 0 aromatic heterocycles. The van der Waals surface area contributed by atoms with Gasteiger partial charge in [-0.3, -0.25) is 4.79 Å². The number of hydrogen-bond donors (Lipinski definition) is 0. The van der Waals surface area contributed by atoms with Crippen molar-refractivity contribution in [3.8, 4) is 11.8 Å². The second-order valence-electron chi connectivity index (χ2n) is 3.85. The van der Waals surface area contributed by atoms with Gasteiger partial charge in [-0.2, -0.15) is 5.26 Å². The summed E-state index contributed by atoms with van der Waals surface area (Å²) < 4.78 is 45.8. The maximum Gasteiger partial charge on any atom is 0.573 e. The molecule has 21 heavy (non-hydrogen) atoms. The number of nitriles is 1. The highest BCUT2D eigenvalue weighted by Crippen LogP contribution is 2.31. The molecule has 0 fully saturated rings. The Labute approximate surface area is 127 Å². The van der Waals surface area contributed by atoms with Crippen LogP contribution in [-0.4, -0.2) is 18.9 Å². The normalized spacial score (nSPS) is 10.9. The van der Waals surface area contributed by atoms with Crippen LogP contribution in [0.25, 0.3) is 0 Å². The van der Waals surface area contributed by atoms with Crippen molar-refractivity contribution in [3.05, 3.63) is 28.8 Å². The highest BCUT2D eigenvalue weighted by Gasteiger charge is 2.33. The van der Waals surface area contributed by atoms with Crippen molar-refractivity contribution in [2.75, 3.05) is 6.61 Å². The topological polar surface area (TPSA) is 59.3 Å². The Morgan fingerprint density at radius 3 is 2.57 bits per heavy atom. The van der Waals surface area contributed by atoms with E-state index >= 15 is 0 Å². The summed E-state index contributed by atoms with van der Waals surface area (Å²) in [7, 11) is 0. The third-order valence-corrected chi connectivity index (χ3v) is 3.07. The van der Waals surface area contributed by atoms with Gasteiger partial charge in [0.25, 0.3) is 0 Å². The van der Waals surface area contributed by atoms with Crippen LogP contribution >= 0.6 is 15.9 Å². The number of carbonyl (C=O) groups is 1. The molecule has 0 spiro atoms. The average Bonchev–Trinajstić information content (AvgIpc) is 2.39. The molecule has 4 nitrogen and oxygen atoms in total. The van der Waals surface area contributed by atoms with E-state index < -0.39 is 24.5 Å². The van der Waals surface area contributed by atoms with Crippen molar-refractivity contribution in [1.82, 2.24) is 0 Å². The molecule has 1 rings (SSSR count). The van der Waals surface area contributed by atoms with Gasteiger partial charge in [0.15, 0.2) is 0 Å². The lowest BCUT2D eigenvalue weighted by molar-refractivity contribution is -0.275. The molecule has 8 heteroatoms. The number of ether oxygens (including phenoxy) is 2. The minimum atomic E-state index is -4.91. The van der Waals surface area contributed by atoms with Crippen molar-refractivity contribution in [1.29, 1.82) is 5.26 Å². The van der Waals surface area contributed by atoms with Crippen LogP contribution in [0, 0.1) is 11.3 Å². The maximum atomic E-state index is 12.4. The molecule has 0 aliphatic rings. The van der Waals surface area contributed by atoms with Crippen LogP contribution in [-0.2, 0) is 21.3 Å². The number of benzene rings is 1. The Balaban J connectivity index is 3.30. The van der Waals surface area contributed by atoms with E-state index in [2.05, 4.69) is 20.7 Å². The summed E-state index contributed by atoms with van der Waals surface area (Å²) in [5.74, 6) is -1.30. The van der Waals surface area contributed by atoms with E-state index in [0.29, 0.717) is 5.56 Å². The first kappa shape index (κ1) is 17.3. The van der Waals surface area contributed by atoms with Crippen molar-refractivity contribution >= 4 is 21.9 Å². The molecule has 0 unspecified atom stereocenters. The van der Waals surface area contributed by atoms with Crippen LogP contribution in [0.2, 0.25) is 0 Å². The van der Waals surface area contributed by atoms with E-state index in [1.807, 2.05) is 0 Å². The molecule has 0 N–H and O–H groups in total. The average molecular weight is 366 g/mol. The number of alkyl halides is 4. The Morgan fingerprint density at radius 2 is 2.10 bits per heavy atom. The first-order valence-electron chi connectivity index (χ1n) is 5.84. The summed E-state index contributed by atoms with van der Waals surface area (Å²) in [6, 6.07) is 4.22. The molecule has 0 saturated carbocycles. The van der Waals surface area contributed by atoms with Gasteiger partial charge < -0.3 is 9.47 Å². The first-order valence-corrected chi connectivity index (χ1v) is 6.96. The summed E-state index contributed by atoms with van der Waals surface area (Å²) in [6.45, 7) is 1.67. The van der Waals surface area contributed by atoms with Crippen LogP contribution in [0.1, 0.15) is 23.6 Å². The number of esters is 1. The highest BCUT2D eigenvalue weighted by molar-refractivity contribution is 9.08. The van der Waals surface area contributed by atoms with Crippen molar-refractivity contribution in [2.24, 2.45) is 0 Å². The fraction of sp³-hybridized carbons (Fsp3) is 0.385. The Bertz CT molecular complexity index is 567. The molecule has 0 atom stereocenters. The molecule has 1 aromatic rings. The predicted molar refractivity (Wildman–Crippen MR) is 70.8 cm³/mol. The Hall–Kier alpha value is -1.75. The molecule has 0 aliphatic carbocycles. The van der Waals surface area contributed by atoms with Gasteiger partial charge in [0, 0.05) is 10.9 Å². The molecule has 114 valence electrons. The lowest BCUT2D eigenvalue weighted by atomic mass is 9.99. The Morgan fingerprint density at radius 1 is 1.43 bits per heavy atom. The molecule has 0 amide bonds. The van der Waals surface area contributed by atoms with E-state index in [0.717, 1.165) is 6.07 Å². The largest absolute Gasteiger partial charge is 0.573 e. The van der Waals surface area contributed by atoms with Crippen molar-refractivity contribution < 1.29 is 27.4 Å². The van der Waals surface area contributed by atoms with Crippen LogP contribution in [0.4, 0.5) is 13.2 Å². The predicted octanol–water partition coefficient (Wildman–Crippen LogP) is 3.46. The molecule has 0 heterocycles. The van der Waals surface area contributed by atoms with Gasteiger partial charge in [-0.1, -0.05) is 22.0 Å². The van der Waals surface area contributed by atoms with Gasteiger partial charge in [-0.05, 0) is 18.6 Å². The minimum Gasteiger partial charge on any atom is -0.466 e. The van der Waals surface area contributed by atoms with Crippen LogP contribution in [0.15, 0.2) is 12.1 Å². The molecular formula is C13H11BrF3NO3. The van der Waals surface area contributed by atoms with E-state index in [1.165, 1.54) is 6.07 Å². The summed E-state index contributed by atoms with van der Waals surface area (Å²) in [6.07, 6.45) is -5.38. The lowest BCUT2D eigenvalue weighted by Crippen LogP contribution is -2.20. The lowest BCUT2D eigenvalue weighted by Gasteiger charge is -2.15. The van der Waals surface area contributed by atoms with Crippen LogP contribution in [0.5, 0.6) is 5.75 Å². The number of carbonyl (C=O) groups excluding carboxylic acids is 1. The number of rotatable bonds is 5. The second-order valence-corrected chi connectivity index (χ2v) is 4.41. The van der Waals surface area contributed by atoms with Crippen molar-refractivity contribution in [3.63, 3.8) is 0 Å². The molecule has 1 aromatic carbocycles. The van der Waals surface area contributed by atoms with E-state index in [9.17, 15) is 18.0 Å². The smallest absolute Gasteiger partial charge is 0.466 e.